The topological polar surface area (TPSA) is 36.4 Å². The van der Waals surface area contributed by atoms with Crippen molar-refractivity contribution in [2.24, 2.45) is 16.3 Å². The lowest BCUT2D eigenvalue weighted by molar-refractivity contribution is 0.680. The van der Waals surface area contributed by atoms with Crippen LogP contribution in [0.2, 0.25) is 0 Å². The van der Waals surface area contributed by atoms with E-state index in [1.54, 1.807) is 5.57 Å². The van der Waals surface area contributed by atoms with Crippen molar-refractivity contribution in [3.63, 3.8) is 0 Å². The first-order valence-electron chi connectivity index (χ1n) is 20.3. The van der Waals surface area contributed by atoms with Crippen LogP contribution in [0.15, 0.2) is 198 Å². The highest BCUT2D eigenvalue weighted by atomic mass is 15.1. The zero-order valence-electron chi connectivity index (χ0n) is 32.0. The molecule has 6 aromatic rings. The molecular formula is C54H43N3. The van der Waals surface area contributed by atoms with E-state index in [9.17, 15) is 0 Å². The van der Waals surface area contributed by atoms with Crippen LogP contribution in [0.1, 0.15) is 53.6 Å². The Morgan fingerprint density at radius 1 is 0.684 bits per heavy atom. The fraction of sp³-hybridized carbons (Fsp3) is 0.130. The molecule has 2 N–H and O–H groups in total. The fourth-order valence-electron chi connectivity index (χ4n) is 9.35. The maximum Gasteiger partial charge on any atom is 0.134 e. The van der Waals surface area contributed by atoms with Gasteiger partial charge in [-0.2, -0.15) is 0 Å². The second-order valence-electron chi connectivity index (χ2n) is 16.2. The van der Waals surface area contributed by atoms with Gasteiger partial charge in [-0.3, -0.25) is 0 Å². The minimum Gasteiger partial charge on any atom is -0.384 e. The van der Waals surface area contributed by atoms with Crippen molar-refractivity contribution < 1.29 is 0 Å². The van der Waals surface area contributed by atoms with Gasteiger partial charge in [-0.25, -0.2) is 4.99 Å². The number of benzene rings is 6. The number of hydrogen-bond acceptors (Lipinski definition) is 3. The van der Waals surface area contributed by atoms with Crippen molar-refractivity contribution >= 4 is 33.4 Å². The van der Waals surface area contributed by atoms with Gasteiger partial charge in [0.15, 0.2) is 0 Å². The van der Waals surface area contributed by atoms with Gasteiger partial charge in [0.2, 0.25) is 0 Å². The number of fused-ring (bicyclic) bond motifs is 4. The van der Waals surface area contributed by atoms with Crippen LogP contribution >= 0.6 is 0 Å². The number of nitrogens with zero attached hydrogens (tertiary/aromatic N) is 1. The number of rotatable bonds is 7. The third kappa shape index (κ3) is 5.93. The Morgan fingerprint density at radius 2 is 1.46 bits per heavy atom. The van der Waals surface area contributed by atoms with Crippen LogP contribution in [0, 0.1) is 11.3 Å². The van der Waals surface area contributed by atoms with Crippen LogP contribution in [0.5, 0.6) is 0 Å². The van der Waals surface area contributed by atoms with Crippen molar-refractivity contribution in [1.82, 2.24) is 10.6 Å². The first kappa shape index (κ1) is 33.6. The molecule has 0 aromatic heterocycles. The van der Waals surface area contributed by atoms with Crippen molar-refractivity contribution in [3.05, 3.63) is 221 Å². The van der Waals surface area contributed by atoms with Gasteiger partial charge in [-0.1, -0.05) is 170 Å². The average molecular weight is 734 g/mol. The van der Waals surface area contributed by atoms with E-state index in [0.717, 1.165) is 30.1 Å². The quantitative estimate of drug-likeness (QED) is 0.171. The molecule has 3 unspecified atom stereocenters. The molecule has 2 heterocycles. The molecule has 3 nitrogen and oxygen atoms in total. The smallest absolute Gasteiger partial charge is 0.134 e. The Hall–Kier alpha value is -6.71. The highest BCUT2D eigenvalue weighted by molar-refractivity contribution is 6.07. The number of dihydropyridines is 1. The Labute approximate surface area is 334 Å². The van der Waals surface area contributed by atoms with E-state index in [1.807, 2.05) is 0 Å². The van der Waals surface area contributed by atoms with Gasteiger partial charge >= 0.3 is 0 Å². The van der Waals surface area contributed by atoms with Gasteiger partial charge in [0, 0.05) is 40.1 Å². The van der Waals surface area contributed by atoms with E-state index in [0.29, 0.717) is 5.92 Å². The minimum atomic E-state index is -0.0382. The highest BCUT2D eigenvalue weighted by Crippen LogP contribution is 2.64. The molecule has 6 aromatic carbocycles. The molecule has 1 saturated carbocycles. The normalized spacial score (nSPS) is 21.6. The van der Waals surface area contributed by atoms with E-state index in [2.05, 4.69) is 200 Å². The second-order valence-corrected chi connectivity index (χ2v) is 16.2. The van der Waals surface area contributed by atoms with Gasteiger partial charge in [0.05, 0.1) is 11.7 Å². The zero-order valence-corrected chi connectivity index (χ0v) is 32.0. The van der Waals surface area contributed by atoms with Crippen molar-refractivity contribution in [1.29, 1.82) is 0 Å². The van der Waals surface area contributed by atoms with Crippen LogP contribution in [-0.2, 0) is 0 Å². The number of nitrogens with one attached hydrogen (secondary N) is 2. The van der Waals surface area contributed by atoms with E-state index < -0.39 is 0 Å². The molecule has 11 rings (SSSR count). The molecule has 274 valence electrons. The summed E-state index contributed by atoms with van der Waals surface area (Å²) < 4.78 is 0. The average Bonchev–Trinajstić information content (AvgIpc) is 3.85. The van der Waals surface area contributed by atoms with E-state index in [1.165, 1.54) is 78.5 Å². The molecule has 3 heteroatoms. The van der Waals surface area contributed by atoms with E-state index in [-0.39, 0.29) is 11.5 Å². The lowest BCUT2D eigenvalue weighted by Crippen LogP contribution is -2.33. The molecule has 2 aliphatic heterocycles. The summed E-state index contributed by atoms with van der Waals surface area (Å²) in [6, 6.07) is 48.9. The molecular weight excluding hydrogens is 691 g/mol. The Bertz CT molecular complexity index is 2830. The predicted octanol–water partition coefficient (Wildman–Crippen LogP) is 12.7. The van der Waals surface area contributed by atoms with Crippen LogP contribution in [0.3, 0.4) is 0 Å². The third-order valence-corrected chi connectivity index (χ3v) is 12.7. The largest absolute Gasteiger partial charge is 0.384 e. The fourth-order valence-corrected chi connectivity index (χ4v) is 9.35. The van der Waals surface area contributed by atoms with Gasteiger partial charge in [-0.15, -0.1) is 0 Å². The molecule has 0 spiro atoms. The minimum absolute atomic E-state index is 0.0382. The molecule has 1 fully saturated rings. The van der Waals surface area contributed by atoms with Gasteiger partial charge < -0.3 is 10.6 Å². The molecule has 0 saturated heterocycles. The summed E-state index contributed by atoms with van der Waals surface area (Å²) in [5, 5.41) is 9.86. The number of hydrogen-bond donors (Lipinski definition) is 2. The van der Waals surface area contributed by atoms with E-state index in [4.69, 9.17) is 4.99 Å². The molecule has 5 aliphatic rings. The molecule has 0 bridgehead atoms. The summed E-state index contributed by atoms with van der Waals surface area (Å²) in [5.41, 5.74) is 17.7. The summed E-state index contributed by atoms with van der Waals surface area (Å²) in [6.07, 6.45) is 20.4. The van der Waals surface area contributed by atoms with Gasteiger partial charge in [0.1, 0.15) is 5.84 Å². The predicted molar refractivity (Wildman–Crippen MR) is 238 cm³/mol. The first-order chi connectivity index (χ1) is 28.1. The summed E-state index contributed by atoms with van der Waals surface area (Å²) in [6.45, 7) is 3.27. The van der Waals surface area contributed by atoms with E-state index >= 15 is 0 Å². The highest BCUT2D eigenvalue weighted by Gasteiger charge is 2.50. The first-order valence-corrected chi connectivity index (χ1v) is 20.3. The monoisotopic (exact) mass is 733 g/mol. The SMILES string of the molecule is CC12CC1=CC=C2c1ccccc1-c1ccc(-c2cc(C3=CCC(C4=CC=CCN4)C=C3)cc(C3=Nc4c(ccc5ccccc45)C(c4ccccc4)N3)c2)cc1. The number of allylic oxidation sites excluding steroid dienone is 10. The Balaban J connectivity index is 1.02. The van der Waals surface area contributed by atoms with Crippen molar-refractivity contribution in [2.45, 2.75) is 25.8 Å². The summed E-state index contributed by atoms with van der Waals surface area (Å²) in [7, 11) is 0. The standard InChI is InChI=1S/C54H43N3/c1-54-34-44(54)27-29-49(54)47-16-8-7-14-45(47)38-22-18-35(19-23-38)41-31-42(36-20-24-39(25-21-36)50-17-9-10-30-55-50)33-43(32-41)53-56-51(40-12-3-2-4-13-40)48-28-26-37-11-5-6-15-46(37)52(48)57-53/h2-24,26-29,31-33,39,51,55H,25,30,34H2,1H3,(H,56,57). The molecule has 3 aliphatic carbocycles. The number of aliphatic imine (C=N–C) groups is 1. The lowest BCUT2D eigenvalue weighted by atomic mass is 9.86. The molecule has 0 radical (unpaired) electrons. The Kier molecular flexibility index (Phi) is 7.96. The van der Waals surface area contributed by atoms with Crippen LogP contribution in [0.25, 0.3) is 44.2 Å². The Morgan fingerprint density at radius 3 is 2.23 bits per heavy atom. The van der Waals surface area contributed by atoms with Crippen molar-refractivity contribution in [3.8, 4) is 22.3 Å². The third-order valence-electron chi connectivity index (χ3n) is 12.7. The molecule has 3 atom stereocenters. The summed E-state index contributed by atoms with van der Waals surface area (Å²) in [4.78, 5) is 5.47. The zero-order chi connectivity index (χ0) is 37.9. The maximum absolute atomic E-state index is 5.47. The van der Waals surface area contributed by atoms with Crippen LogP contribution in [-0.4, -0.2) is 12.4 Å². The molecule has 57 heavy (non-hydrogen) atoms. The summed E-state index contributed by atoms with van der Waals surface area (Å²) in [5.74, 6) is 1.23. The second kappa shape index (κ2) is 13.5. The lowest BCUT2D eigenvalue weighted by Gasteiger charge is -2.29. The maximum atomic E-state index is 5.47. The van der Waals surface area contributed by atoms with Crippen molar-refractivity contribution in [2.75, 3.05) is 6.54 Å². The van der Waals surface area contributed by atoms with Gasteiger partial charge in [-0.05, 0) is 92.6 Å². The van der Waals surface area contributed by atoms with Gasteiger partial charge in [0.25, 0.3) is 0 Å². The van der Waals surface area contributed by atoms with Crippen LogP contribution in [0.4, 0.5) is 5.69 Å². The molecule has 0 amide bonds. The summed E-state index contributed by atoms with van der Waals surface area (Å²) >= 11 is 0. The number of amidine groups is 1. The van der Waals surface area contributed by atoms with Crippen LogP contribution < -0.4 is 10.6 Å².